The molecule has 0 aliphatic heterocycles. The van der Waals surface area contributed by atoms with Crippen LogP contribution in [-0.4, -0.2) is 15.6 Å². The first-order valence-corrected chi connectivity index (χ1v) is 7.06. The molecule has 1 unspecified atom stereocenters. The summed E-state index contributed by atoms with van der Waals surface area (Å²) in [5.74, 6) is 0.807. The number of aromatic nitrogens is 2. The topological polar surface area (TPSA) is 34.9 Å². The van der Waals surface area contributed by atoms with Crippen LogP contribution in [0.5, 0.6) is 0 Å². The van der Waals surface area contributed by atoms with Crippen molar-refractivity contribution in [2.24, 2.45) is 11.8 Å². The van der Waals surface area contributed by atoms with Crippen LogP contribution >= 0.6 is 0 Å². The number of hydrogen-bond acceptors (Lipinski definition) is 2. The summed E-state index contributed by atoms with van der Waals surface area (Å²) in [7, 11) is 0. The van der Waals surface area contributed by atoms with Crippen molar-refractivity contribution in [3.8, 4) is 0 Å². The van der Waals surface area contributed by atoms with Gasteiger partial charge in [-0.25, -0.2) is 0 Å². The SMILES string of the molecule is CCC(CC)n1ccc(CC(=O)C(C)C(C)C)n1. The van der Waals surface area contributed by atoms with Crippen molar-refractivity contribution in [1.82, 2.24) is 9.78 Å². The van der Waals surface area contributed by atoms with Gasteiger partial charge in [0.05, 0.1) is 18.2 Å². The Morgan fingerprint density at radius 1 is 1.28 bits per heavy atom. The second-order valence-corrected chi connectivity index (χ2v) is 5.43. The van der Waals surface area contributed by atoms with Gasteiger partial charge in [-0.1, -0.05) is 34.6 Å². The number of ketones is 1. The molecular formula is C15H26N2O. The van der Waals surface area contributed by atoms with E-state index in [2.05, 4.69) is 32.8 Å². The predicted octanol–water partition coefficient (Wildman–Crippen LogP) is 3.65. The van der Waals surface area contributed by atoms with Gasteiger partial charge in [-0.2, -0.15) is 5.10 Å². The maximum absolute atomic E-state index is 12.0. The molecule has 0 amide bonds. The summed E-state index contributed by atoms with van der Waals surface area (Å²) < 4.78 is 2.00. The van der Waals surface area contributed by atoms with Crippen molar-refractivity contribution >= 4 is 5.78 Å². The lowest BCUT2D eigenvalue weighted by Crippen LogP contribution is -2.19. The van der Waals surface area contributed by atoms with Gasteiger partial charge in [-0.15, -0.1) is 0 Å². The molecule has 0 saturated heterocycles. The van der Waals surface area contributed by atoms with Crippen LogP contribution in [0.2, 0.25) is 0 Å². The van der Waals surface area contributed by atoms with E-state index in [1.165, 1.54) is 0 Å². The van der Waals surface area contributed by atoms with Crippen LogP contribution in [0.4, 0.5) is 0 Å². The monoisotopic (exact) mass is 250 g/mol. The molecule has 1 atom stereocenters. The van der Waals surface area contributed by atoms with E-state index in [1.54, 1.807) is 0 Å². The van der Waals surface area contributed by atoms with Crippen molar-refractivity contribution in [2.45, 2.75) is 59.9 Å². The van der Waals surface area contributed by atoms with Gasteiger partial charge in [0, 0.05) is 12.1 Å². The second kappa shape index (κ2) is 6.72. The maximum atomic E-state index is 12.0. The lowest BCUT2D eigenvalue weighted by atomic mass is 9.91. The molecule has 0 radical (unpaired) electrons. The molecule has 0 aromatic carbocycles. The molecule has 102 valence electrons. The number of nitrogens with zero attached hydrogens (tertiary/aromatic N) is 2. The van der Waals surface area contributed by atoms with Gasteiger partial charge in [0.15, 0.2) is 0 Å². The Morgan fingerprint density at radius 3 is 2.39 bits per heavy atom. The minimum atomic E-state index is 0.114. The highest BCUT2D eigenvalue weighted by Gasteiger charge is 2.18. The minimum absolute atomic E-state index is 0.114. The summed E-state index contributed by atoms with van der Waals surface area (Å²) in [5.41, 5.74) is 0.902. The fraction of sp³-hybridized carbons (Fsp3) is 0.733. The minimum Gasteiger partial charge on any atom is -0.299 e. The lowest BCUT2D eigenvalue weighted by molar-refractivity contribution is -0.122. The third-order valence-electron chi connectivity index (χ3n) is 3.84. The van der Waals surface area contributed by atoms with Gasteiger partial charge in [-0.3, -0.25) is 9.48 Å². The standard InChI is InChI=1S/C15H26N2O/c1-6-14(7-2)17-9-8-13(16-17)10-15(18)12(5)11(3)4/h8-9,11-12,14H,6-7,10H2,1-5H3. The van der Waals surface area contributed by atoms with Crippen molar-refractivity contribution in [3.05, 3.63) is 18.0 Å². The van der Waals surface area contributed by atoms with Crippen molar-refractivity contribution in [1.29, 1.82) is 0 Å². The average molecular weight is 250 g/mol. The molecule has 0 bridgehead atoms. The molecule has 3 nitrogen and oxygen atoms in total. The Labute approximate surface area is 111 Å². The molecule has 0 fully saturated rings. The van der Waals surface area contributed by atoms with E-state index in [9.17, 15) is 4.79 Å². The summed E-state index contributed by atoms with van der Waals surface area (Å²) in [6.45, 7) is 10.5. The van der Waals surface area contributed by atoms with Crippen molar-refractivity contribution < 1.29 is 4.79 Å². The highest BCUT2D eigenvalue weighted by atomic mass is 16.1. The van der Waals surface area contributed by atoms with E-state index in [1.807, 2.05) is 23.9 Å². The number of carbonyl (C=O) groups excluding carboxylic acids is 1. The largest absolute Gasteiger partial charge is 0.299 e. The Bertz CT molecular complexity index is 378. The van der Waals surface area contributed by atoms with Crippen LogP contribution in [0.3, 0.4) is 0 Å². The van der Waals surface area contributed by atoms with Gasteiger partial charge >= 0.3 is 0 Å². The molecule has 1 aromatic rings. The Hall–Kier alpha value is -1.12. The number of Topliss-reactive ketones (excluding diaryl/α,β-unsaturated/α-hetero) is 1. The highest BCUT2D eigenvalue weighted by molar-refractivity contribution is 5.82. The van der Waals surface area contributed by atoms with Gasteiger partial charge in [0.2, 0.25) is 0 Å². The van der Waals surface area contributed by atoms with E-state index in [-0.39, 0.29) is 5.92 Å². The normalized spacial score (nSPS) is 13.3. The molecule has 0 aliphatic rings. The smallest absolute Gasteiger partial charge is 0.141 e. The zero-order valence-corrected chi connectivity index (χ0v) is 12.3. The summed E-state index contributed by atoms with van der Waals surface area (Å²) in [6.07, 6.45) is 4.62. The second-order valence-electron chi connectivity index (χ2n) is 5.43. The number of rotatable bonds is 7. The predicted molar refractivity (Wildman–Crippen MR) is 74.6 cm³/mol. The fourth-order valence-electron chi connectivity index (χ4n) is 2.05. The van der Waals surface area contributed by atoms with Gasteiger partial charge < -0.3 is 0 Å². The van der Waals surface area contributed by atoms with E-state index < -0.39 is 0 Å². The molecule has 1 heterocycles. The summed E-state index contributed by atoms with van der Waals surface area (Å²) in [5, 5.41) is 4.53. The van der Waals surface area contributed by atoms with Crippen LogP contribution < -0.4 is 0 Å². The third-order valence-corrected chi connectivity index (χ3v) is 3.84. The average Bonchev–Trinajstić information content (AvgIpc) is 2.78. The molecule has 1 aromatic heterocycles. The zero-order valence-electron chi connectivity index (χ0n) is 12.3. The van der Waals surface area contributed by atoms with Crippen LogP contribution in [0.1, 0.15) is 59.2 Å². The van der Waals surface area contributed by atoms with Gasteiger partial charge in [0.1, 0.15) is 5.78 Å². The lowest BCUT2D eigenvalue weighted by Gasteiger charge is -2.14. The Balaban J connectivity index is 2.67. The first-order valence-electron chi connectivity index (χ1n) is 7.06. The Morgan fingerprint density at radius 2 is 1.89 bits per heavy atom. The van der Waals surface area contributed by atoms with E-state index in [0.29, 0.717) is 24.2 Å². The molecule has 0 spiro atoms. The van der Waals surface area contributed by atoms with Crippen molar-refractivity contribution in [3.63, 3.8) is 0 Å². The van der Waals surface area contributed by atoms with E-state index >= 15 is 0 Å². The summed E-state index contributed by atoms with van der Waals surface area (Å²) >= 11 is 0. The highest BCUT2D eigenvalue weighted by Crippen LogP contribution is 2.17. The summed E-state index contributed by atoms with van der Waals surface area (Å²) in [4.78, 5) is 12.0. The van der Waals surface area contributed by atoms with Crippen LogP contribution in [0.15, 0.2) is 12.3 Å². The molecular weight excluding hydrogens is 224 g/mol. The molecule has 3 heteroatoms. The van der Waals surface area contributed by atoms with E-state index in [0.717, 1.165) is 18.5 Å². The maximum Gasteiger partial charge on any atom is 0.141 e. The van der Waals surface area contributed by atoms with Crippen LogP contribution in [0.25, 0.3) is 0 Å². The molecule has 0 N–H and O–H groups in total. The van der Waals surface area contributed by atoms with Crippen LogP contribution in [0, 0.1) is 11.8 Å². The van der Waals surface area contributed by atoms with Gasteiger partial charge in [-0.05, 0) is 24.8 Å². The molecule has 1 rings (SSSR count). The number of carbonyl (C=O) groups is 1. The van der Waals surface area contributed by atoms with E-state index in [4.69, 9.17) is 0 Å². The first-order chi connectivity index (χ1) is 8.49. The van der Waals surface area contributed by atoms with Crippen LogP contribution in [-0.2, 0) is 11.2 Å². The molecule has 18 heavy (non-hydrogen) atoms. The zero-order chi connectivity index (χ0) is 13.7. The summed E-state index contributed by atoms with van der Waals surface area (Å²) in [6, 6.07) is 2.43. The van der Waals surface area contributed by atoms with Gasteiger partial charge in [0.25, 0.3) is 0 Å². The first kappa shape index (κ1) is 14.9. The Kier molecular flexibility index (Phi) is 5.57. The molecule has 0 aliphatic carbocycles. The molecule has 0 saturated carbocycles. The quantitative estimate of drug-likeness (QED) is 0.740. The van der Waals surface area contributed by atoms with Crippen molar-refractivity contribution in [2.75, 3.05) is 0 Å². The third kappa shape index (κ3) is 3.69. The fourth-order valence-corrected chi connectivity index (χ4v) is 2.05. The number of hydrogen-bond donors (Lipinski definition) is 0.